The van der Waals surface area contributed by atoms with Crippen molar-refractivity contribution in [1.82, 2.24) is 9.13 Å². The maximum atomic E-state index is 12.4. The van der Waals surface area contributed by atoms with E-state index in [1.807, 2.05) is 19.1 Å². The summed E-state index contributed by atoms with van der Waals surface area (Å²) >= 11 is 0. The van der Waals surface area contributed by atoms with Crippen molar-refractivity contribution in [2.75, 3.05) is 7.11 Å². The first-order chi connectivity index (χ1) is 10.1. The lowest BCUT2D eigenvalue weighted by Crippen LogP contribution is -2.26. The van der Waals surface area contributed by atoms with Gasteiger partial charge in [0.15, 0.2) is 5.78 Å². The summed E-state index contributed by atoms with van der Waals surface area (Å²) in [5, 5.41) is 0. The highest BCUT2D eigenvalue weighted by atomic mass is 16.5. The minimum atomic E-state index is -0.123. The number of aryl methyl sites for hydroxylation is 1. The number of Topliss-reactive ketones (excluding diaryl/α,β-unsaturated/α-hetero) is 1. The minimum absolute atomic E-state index is 0.0397. The molecule has 1 aromatic carbocycles. The summed E-state index contributed by atoms with van der Waals surface area (Å²) in [6.45, 7) is 1.98. The van der Waals surface area contributed by atoms with E-state index in [2.05, 4.69) is 0 Å². The number of aromatic nitrogens is 2. The first kappa shape index (κ1) is 13.7. The number of methoxy groups -OCH3 is 1. The van der Waals surface area contributed by atoms with Gasteiger partial charge < -0.3 is 4.74 Å². The Labute approximate surface area is 122 Å². The summed E-state index contributed by atoms with van der Waals surface area (Å²) in [7, 11) is 1.54. The number of benzene rings is 1. The fraction of sp³-hybridized carbons (Fsp3) is 0.375. The second kappa shape index (κ2) is 5.24. The summed E-state index contributed by atoms with van der Waals surface area (Å²) in [5.41, 5.74) is 1.42. The van der Waals surface area contributed by atoms with Crippen LogP contribution in [-0.4, -0.2) is 22.0 Å². The predicted molar refractivity (Wildman–Crippen MR) is 79.0 cm³/mol. The first-order valence-corrected chi connectivity index (χ1v) is 7.05. The van der Waals surface area contributed by atoms with Crippen LogP contribution in [0.25, 0.3) is 0 Å². The molecule has 1 saturated carbocycles. The molecule has 5 heteroatoms. The van der Waals surface area contributed by atoms with Crippen LogP contribution in [0.3, 0.4) is 0 Å². The average Bonchev–Trinajstić information content (AvgIpc) is 3.25. The molecule has 1 aromatic heterocycles. The van der Waals surface area contributed by atoms with Crippen LogP contribution >= 0.6 is 0 Å². The molecular formula is C16H18N2O3. The SMILES string of the molecule is COc1cc(C)ccc1C(=O)Cn1ccn(C2CC2)c1=O. The highest BCUT2D eigenvalue weighted by Gasteiger charge is 2.26. The number of hydrogen-bond donors (Lipinski definition) is 0. The maximum absolute atomic E-state index is 12.4. The molecule has 0 atom stereocenters. The summed E-state index contributed by atoms with van der Waals surface area (Å²) in [5.74, 6) is 0.428. The molecule has 0 unspecified atom stereocenters. The molecular weight excluding hydrogens is 268 g/mol. The van der Waals surface area contributed by atoms with E-state index in [9.17, 15) is 9.59 Å². The third-order valence-corrected chi connectivity index (χ3v) is 3.79. The third-order valence-electron chi connectivity index (χ3n) is 3.79. The van der Waals surface area contributed by atoms with Gasteiger partial charge in [-0.3, -0.25) is 13.9 Å². The van der Waals surface area contributed by atoms with Gasteiger partial charge in [0.25, 0.3) is 0 Å². The molecule has 0 N–H and O–H groups in total. The molecule has 110 valence electrons. The molecule has 21 heavy (non-hydrogen) atoms. The van der Waals surface area contributed by atoms with Gasteiger partial charge in [0.1, 0.15) is 5.75 Å². The number of imidazole rings is 1. The Bertz CT molecular complexity index is 738. The zero-order valence-corrected chi connectivity index (χ0v) is 12.2. The molecule has 0 amide bonds. The molecule has 0 aliphatic heterocycles. The lowest BCUT2D eigenvalue weighted by Gasteiger charge is -2.08. The van der Waals surface area contributed by atoms with E-state index in [4.69, 9.17) is 4.74 Å². The normalized spacial score (nSPS) is 14.2. The van der Waals surface area contributed by atoms with E-state index in [1.165, 1.54) is 4.57 Å². The number of hydrogen-bond acceptors (Lipinski definition) is 3. The van der Waals surface area contributed by atoms with E-state index < -0.39 is 0 Å². The number of ketones is 1. The average molecular weight is 286 g/mol. The van der Waals surface area contributed by atoms with Crippen molar-refractivity contribution >= 4 is 5.78 Å². The summed E-state index contributed by atoms with van der Waals surface area (Å²) in [6, 6.07) is 5.77. The van der Waals surface area contributed by atoms with Gasteiger partial charge in [0.05, 0.1) is 19.2 Å². The fourth-order valence-electron chi connectivity index (χ4n) is 2.45. The largest absolute Gasteiger partial charge is 0.496 e. The number of nitrogens with zero attached hydrogens (tertiary/aromatic N) is 2. The Kier molecular flexibility index (Phi) is 3.41. The maximum Gasteiger partial charge on any atom is 0.328 e. The number of carbonyl (C=O) groups excluding carboxylic acids is 1. The predicted octanol–water partition coefficient (Wildman–Crippen LogP) is 2.18. The molecule has 3 rings (SSSR count). The van der Waals surface area contributed by atoms with E-state index in [1.54, 1.807) is 30.1 Å². The lowest BCUT2D eigenvalue weighted by molar-refractivity contribution is 0.0967. The van der Waals surface area contributed by atoms with Gasteiger partial charge in [-0.2, -0.15) is 0 Å². The second-order valence-corrected chi connectivity index (χ2v) is 5.47. The van der Waals surface area contributed by atoms with Crippen LogP contribution in [0.5, 0.6) is 5.75 Å². The Morgan fingerprint density at radius 3 is 2.76 bits per heavy atom. The van der Waals surface area contributed by atoms with Crippen molar-refractivity contribution < 1.29 is 9.53 Å². The highest BCUT2D eigenvalue weighted by Crippen LogP contribution is 2.33. The number of ether oxygens (including phenoxy) is 1. The quantitative estimate of drug-likeness (QED) is 0.792. The Morgan fingerprint density at radius 1 is 1.33 bits per heavy atom. The Morgan fingerprint density at radius 2 is 2.10 bits per heavy atom. The van der Waals surface area contributed by atoms with Crippen molar-refractivity contribution in [3.8, 4) is 5.75 Å². The molecule has 1 heterocycles. The van der Waals surface area contributed by atoms with Crippen LogP contribution in [0.1, 0.15) is 34.8 Å². The monoisotopic (exact) mass is 286 g/mol. The van der Waals surface area contributed by atoms with E-state index in [0.29, 0.717) is 17.4 Å². The van der Waals surface area contributed by atoms with E-state index >= 15 is 0 Å². The van der Waals surface area contributed by atoms with Crippen LogP contribution in [0.4, 0.5) is 0 Å². The van der Waals surface area contributed by atoms with Crippen LogP contribution in [0.15, 0.2) is 35.4 Å². The molecule has 2 aromatic rings. The summed E-state index contributed by atoms with van der Waals surface area (Å²) in [4.78, 5) is 24.6. The standard InChI is InChI=1S/C16H18N2O3/c1-11-3-6-13(15(9-11)21-2)14(19)10-17-7-8-18(16(17)20)12-4-5-12/h3,6-9,12H,4-5,10H2,1-2H3. The highest BCUT2D eigenvalue weighted by molar-refractivity contribution is 5.98. The van der Waals surface area contributed by atoms with Gasteiger partial charge in [-0.15, -0.1) is 0 Å². The van der Waals surface area contributed by atoms with Crippen molar-refractivity contribution in [2.24, 2.45) is 0 Å². The van der Waals surface area contributed by atoms with Gasteiger partial charge in [-0.1, -0.05) is 6.07 Å². The van der Waals surface area contributed by atoms with Gasteiger partial charge >= 0.3 is 5.69 Å². The van der Waals surface area contributed by atoms with Gasteiger partial charge in [0.2, 0.25) is 0 Å². The molecule has 0 saturated heterocycles. The van der Waals surface area contributed by atoms with Crippen LogP contribution in [0.2, 0.25) is 0 Å². The summed E-state index contributed by atoms with van der Waals surface area (Å²) < 4.78 is 8.42. The molecule has 5 nitrogen and oxygen atoms in total. The summed E-state index contributed by atoms with van der Waals surface area (Å²) in [6.07, 6.45) is 5.53. The molecule has 1 aliphatic rings. The van der Waals surface area contributed by atoms with Gasteiger partial charge in [-0.05, 0) is 37.5 Å². The topological polar surface area (TPSA) is 53.2 Å². The number of carbonyl (C=O) groups is 1. The van der Waals surface area contributed by atoms with Crippen molar-refractivity contribution in [2.45, 2.75) is 32.4 Å². The zero-order chi connectivity index (χ0) is 15.0. The van der Waals surface area contributed by atoms with Crippen molar-refractivity contribution in [3.63, 3.8) is 0 Å². The van der Waals surface area contributed by atoms with E-state index in [0.717, 1.165) is 18.4 Å². The van der Waals surface area contributed by atoms with Crippen molar-refractivity contribution in [3.05, 3.63) is 52.2 Å². The fourth-order valence-corrected chi connectivity index (χ4v) is 2.45. The molecule has 0 bridgehead atoms. The van der Waals surface area contributed by atoms with E-state index in [-0.39, 0.29) is 18.0 Å². The van der Waals surface area contributed by atoms with Gasteiger partial charge in [-0.25, -0.2) is 4.79 Å². The Balaban J connectivity index is 1.85. The van der Waals surface area contributed by atoms with Crippen molar-refractivity contribution in [1.29, 1.82) is 0 Å². The van der Waals surface area contributed by atoms with Crippen LogP contribution in [0, 0.1) is 6.92 Å². The zero-order valence-electron chi connectivity index (χ0n) is 12.2. The second-order valence-electron chi connectivity index (χ2n) is 5.47. The third kappa shape index (κ3) is 2.63. The van der Waals surface area contributed by atoms with Crippen LogP contribution < -0.4 is 10.4 Å². The number of rotatable bonds is 5. The molecule has 0 radical (unpaired) electrons. The molecule has 1 aliphatic carbocycles. The van der Waals surface area contributed by atoms with Crippen LogP contribution in [-0.2, 0) is 6.54 Å². The molecule has 0 spiro atoms. The minimum Gasteiger partial charge on any atom is -0.496 e. The lowest BCUT2D eigenvalue weighted by atomic mass is 10.1. The van der Waals surface area contributed by atoms with Gasteiger partial charge in [0, 0.05) is 18.4 Å². The Hall–Kier alpha value is -2.30. The molecule has 1 fully saturated rings. The first-order valence-electron chi connectivity index (χ1n) is 7.05. The smallest absolute Gasteiger partial charge is 0.328 e.